The molecule has 2 rings (SSSR count). The molecule has 1 saturated heterocycles. The van der Waals surface area contributed by atoms with E-state index in [0.717, 1.165) is 38.2 Å². The van der Waals surface area contributed by atoms with Gasteiger partial charge in [-0.25, -0.2) is 4.98 Å². The Bertz CT molecular complexity index is 436. The molecular formula is C16H25N3O. The van der Waals surface area contributed by atoms with E-state index >= 15 is 0 Å². The molecule has 2 heterocycles. The monoisotopic (exact) mass is 275 g/mol. The molecule has 1 fully saturated rings. The molecule has 1 aliphatic rings. The van der Waals surface area contributed by atoms with Crippen molar-refractivity contribution >= 4 is 11.7 Å². The molecule has 0 aliphatic carbocycles. The lowest BCUT2D eigenvalue weighted by atomic mass is 9.75. The minimum Gasteiger partial charge on any atom is -0.357 e. The summed E-state index contributed by atoms with van der Waals surface area (Å²) in [6.45, 7) is 7.96. The normalized spacial score (nSPS) is 18.1. The molecule has 110 valence electrons. The Morgan fingerprint density at radius 1 is 1.40 bits per heavy atom. The lowest BCUT2D eigenvalue weighted by Gasteiger charge is -2.41. The van der Waals surface area contributed by atoms with E-state index in [1.165, 1.54) is 0 Å². The first-order chi connectivity index (χ1) is 9.57. The number of carbonyl (C=O) groups is 1. The van der Waals surface area contributed by atoms with Gasteiger partial charge in [-0.05, 0) is 45.2 Å². The summed E-state index contributed by atoms with van der Waals surface area (Å²) in [7, 11) is 0. The molecule has 20 heavy (non-hydrogen) atoms. The van der Waals surface area contributed by atoms with E-state index in [-0.39, 0.29) is 17.4 Å². The fourth-order valence-electron chi connectivity index (χ4n) is 2.86. The number of pyridine rings is 1. The Kier molecular flexibility index (Phi) is 4.63. The maximum absolute atomic E-state index is 12.5. The van der Waals surface area contributed by atoms with Gasteiger partial charge in [0.05, 0.1) is 5.41 Å². The van der Waals surface area contributed by atoms with Crippen molar-refractivity contribution in [3.8, 4) is 0 Å². The summed E-state index contributed by atoms with van der Waals surface area (Å²) < 4.78 is 0. The minimum absolute atomic E-state index is 0.199. The quantitative estimate of drug-likeness (QED) is 0.918. The molecule has 1 aliphatic heterocycles. The van der Waals surface area contributed by atoms with E-state index in [9.17, 15) is 4.79 Å². The number of anilines is 1. The molecule has 1 aromatic rings. The summed E-state index contributed by atoms with van der Waals surface area (Å²) in [6, 6.07) is 6.18. The number of rotatable bonds is 4. The maximum atomic E-state index is 12.5. The van der Waals surface area contributed by atoms with Gasteiger partial charge in [0.25, 0.3) is 0 Å². The first kappa shape index (κ1) is 14.8. The van der Waals surface area contributed by atoms with Gasteiger partial charge in [0.15, 0.2) is 0 Å². The third-order valence-corrected chi connectivity index (χ3v) is 4.27. The van der Waals surface area contributed by atoms with Crippen LogP contribution in [0.3, 0.4) is 0 Å². The highest BCUT2D eigenvalue weighted by atomic mass is 16.2. The Morgan fingerprint density at radius 2 is 2.10 bits per heavy atom. The van der Waals surface area contributed by atoms with Gasteiger partial charge < -0.3 is 10.2 Å². The summed E-state index contributed by atoms with van der Waals surface area (Å²) in [4.78, 5) is 19.1. The van der Waals surface area contributed by atoms with E-state index in [2.05, 4.69) is 22.1 Å². The molecule has 0 bridgehead atoms. The number of carbonyl (C=O) groups excluding carboxylic acids is 1. The average molecular weight is 275 g/mol. The second-order valence-electron chi connectivity index (χ2n) is 5.94. The molecule has 0 spiro atoms. The summed E-state index contributed by atoms with van der Waals surface area (Å²) in [5.41, 5.74) is -0.199. The minimum atomic E-state index is -0.199. The molecule has 0 saturated carbocycles. The van der Waals surface area contributed by atoms with Crippen molar-refractivity contribution in [3.63, 3.8) is 0 Å². The van der Waals surface area contributed by atoms with Crippen LogP contribution in [0.5, 0.6) is 0 Å². The fraction of sp³-hybridized carbons (Fsp3) is 0.625. The Morgan fingerprint density at radius 3 is 2.60 bits per heavy atom. The van der Waals surface area contributed by atoms with Crippen LogP contribution >= 0.6 is 0 Å². The summed E-state index contributed by atoms with van der Waals surface area (Å²) in [5, 5.41) is 3.09. The predicted molar refractivity (Wildman–Crippen MR) is 81.7 cm³/mol. The largest absolute Gasteiger partial charge is 0.357 e. The third-order valence-electron chi connectivity index (χ3n) is 4.27. The molecule has 0 unspecified atom stereocenters. The van der Waals surface area contributed by atoms with Gasteiger partial charge in [0, 0.05) is 25.3 Å². The number of nitrogens with one attached hydrogen (secondary N) is 1. The standard InChI is InChI=1S/C16H25N3O/c1-4-16(15(20)18-13(2)3)8-11-19(12-9-16)14-7-5-6-10-17-14/h5-7,10,13H,4,8-9,11-12H2,1-3H3,(H,18,20). The van der Waals surface area contributed by atoms with Crippen LogP contribution in [0.25, 0.3) is 0 Å². The van der Waals surface area contributed by atoms with Gasteiger partial charge in [0.2, 0.25) is 5.91 Å². The van der Waals surface area contributed by atoms with Crippen LogP contribution in [0.1, 0.15) is 40.0 Å². The summed E-state index contributed by atoms with van der Waals surface area (Å²) >= 11 is 0. The summed E-state index contributed by atoms with van der Waals surface area (Å²) in [5.74, 6) is 1.23. The molecule has 1 aromatic heterocycles. The van der Waals surface area contributed by atoms with Crippen LogP contribution in [0.15, 0.2) is 24.4 Å². The number of amides is 1. The van der Waals surface area contributed by atoms with Crippen molar-refractivity contribution in [3.05, 3.63) is 24.4 Å². The molecule has 0 radical (unpaired) electrons. The Labute approximate surface area is 121 Å². The van der Waals surface area contributed by atoms with Gasteiger partial charge in [-0.1, -0.05) is 13.0 Å². The Hall–Kier alpha value is -1.58. The smallest absolute Gasteiger partial charge is 0.226 e. The second-order valence-corrected chi connectivity index (χ2v) is 5.94. The van der Waals surface area contributed by atoms with E-state index in [1.807, 2.05) is 38.2 Å². The van der Waals surface area contributed by atoms with Crippen LogP contribution in [-0.4, -0.2) is 30.0 Å². The molecular weight excluding hydrogens is 250 g/mol. The lowest BCUT2D eigenvalue weighted by molar-refractivity contribution is -0.133. The number of nitrogens with zero attached hydrogens (tertiary/aromatic N) is 2. The van der Waals surface area contributed by atoms with Crippen LogP contribution in [0, 0.1) is 5.41 Å². The molecule has 1 amide bonds. The van der Waals surface area contributed by atoms with Gasteiger partial charge in [-0.2, -0.15) is 0 Å². The number of hydrogen-bond donors (Lipinski definition) is 1. The van der Waals surface area contributed by atoms with E-state index < -0.39 is 0 Å². The van der Waals surface area contributed by atoms with Gasteiger partial charge in [0.1, 0.15) is 5.82 Å². The van der Waals surface area contributed by atoms with Gasteiger partial charge in [-0.15, -0.1) is 0 Å². The second kappa shape index (κ2) is 6.25. The number of aromatic nitrogens is 1. The van der Waals surface area contributed by atoms with Crippen LogP contribution in [0.2, 0.25) is 0 Å². The fourth-order valence-corrected chi connectivity index (χ4v) is 2.86. The number of piperidine rings is 1. The molecule has 0 atom stereocenters. The van der Waals surface area contributed by atoms with Crippen molar-refractivity contribution in [1.29, 1.82) is 0 Å². The first-order valence-electron chi connectivity index (χ1n) is 7.54. The zero-order valence-electron chi connectivity index (χ0n) is 12.7. The molecule has 0 aromatic carbocycles. The third kappa shape index (κ3) is 3.11. The maximum Gasteiger partial charge on any atom is 0.226 e. The van der Waals surface area contributed by atoms with Crippen molar-refractivity contribution in [2.45, 2.75) is 46.1 Å². The van der Waals surface area contributed by atoms with Crippen molar-refractivity contribution in [1.82, 2.24) is 10.3 Å². The SMILES string of the molecule is CCC1(C(=O)NC(C)C)CCN(c2ccccn2)CC1. The van der Waals surface area contributed by atoms with Crippen molar-refractivity contribution < 1.29 is 4.79 Å². The van der Waals surface area contributed by atoms with Gasteiger partial charge >= 0.3 is 0 Å². The number of hydrogen-bond acceptors (Lipinski definition) is 3. The summed E-state index contributed by atoms with van der Waals surface area (Å²) in [6.07, 6.45) is 4.53. The molecule has 4 nitrogen and oxygen atoms in total. The van der Waals surface area contributed by atoms with Crippen LogP contribution in [-0.2, 0) is 4.79 Å². The zero-order valence-corrected chi connectivity index (χ0v) is 12.7. The average Bonchev–Trinajstić information content (AvgIpc) is 2.47. The van der Waals surface area contributed by atoms with Crippen molar-refractivity contribution in [2.75, 3.05) is 18.0 Å². The molecule has 4 heteroatoms. The highest BCUT2D eigenvalue weighted by Crippen LogP contribution is 2.36. The van der Waals surface area contributed by atoms with E-state index in [1.54, 1.807) is 0 Å². The van der Waals surface area contributed by atoms with E-state index in [4.69, 9.17) is 0 Å². The van der Waals surface area contributed by atoms with Crippen LogP contribution in [0.4, 0.5) is 5.82 Å². The van der Waals surface area contributed by atoms with E-state index in [0.29, 0.717) is 0 Å². The van der Waals surface area contributed by atoms with Crippen LogP contribution < -0.4 is 10.2 Å². The predicted octanol–water partition coefficient (Wildman–Crippen LogP) is 2.60. The Balaban J connectivity index is 2.02. The first-order valence-corrected chi connectivity index (χ1v) is 7.54. The zero-order chi connectivity index (χ0) is 14.6. The topological polar surface area (TPSA) is 45.2 Å². The highest BCUT2D eigenvalue weighted by Gasteiger charge is 2.40. The molecule has 1 N–H and O–H groups in total. The van der Waals surface area contributed by atoms with Gasteiger partial charge in [-0.3, -0.25) is 4.79 Å². The van der Waals surface area contributed by atoms with Crippen molar-refractivity contribution in [2.24, 2.45) is 5.41 Å². The lowest BCUT2D eigenvalue weighted by Crippen LogP contribution is -2.50. The highest BCUT2D eigenvalue weighted by molar-refractivity contribution is 5.83.